The molecule has 5 rings (SSSR count). The average Bonchev–Trinajstić information content (AvgIpc) is 2.82. The Morgan fingerprint density at radius 3 is 2.37 bits per heavy atom. The van der Waals surface area contributed by atoms with E-state index >= 15 is 0 Å². The number of hydrogen-bond acceptors (Lipinski definition) is 6. The third-order valence-corrected chi connectivity index (χ3v) is 5.45. The minimum absolute atomic E-state index is 0.0985. The van der Waals surface area contributed by atoms with Crippen LogP contribution >= 0.6 is 0 Å². The van der Waals surface area contributed by atoms with E-state index in [2.05, 4.69) is 49.0 Å². The highest BCUT2D eigenvalue weighted by Gasteiger charge is 2.19. The molecule has 0 amide bonds. The van der Waals surface area contributed by atoms with Crippen LogP contribution in [0.3, 0.4) is 0 Å². The third kappa shape index (κ3) is 3.61. The zero-order valence-corrected chi connectivity index (χ0v) is 16.6. The van der Waals surface area contributed by atoms with Crippen molar-refractivity contribution < 1.29 is 0 Å². The van der Waals surface area contributed by atoms with Crippen LogP contribution in [0.25, 0.3) is 10.9 Å². The van der Waals surface area contributed by atoms with Gasteiger partial charge in [0.15, 0.2) is 0 Å². The molecule has 0 spiro atoms. The van der Waals surface area contributed by atoms with Gasteiger partial charge in [-0.2, -0.15) is 0 Å². The molecule has 1 saturated heterocycles. The van der Waals surface area contributed by atoms with Gasteiger partial charge in [0.2, 0.25) is 5.95 Å². The molecule has 1 aliphatic rings. The van der Waals surface area contributed by atoms with Gasteiger partial charge in [-0.25, -0.2) is 9.97 Å². The van der Waals surface area contributed by atoms with Crippen LogP contribution in [0.2, 0.25) is 0 Å². The highest BCUT2D eigenvalue weighted by Crippen LogP contribution is 2.19. The van der Waals surface area contributed by atoms with E-state index in [9.17, 15) is 4.79 Å². The Kier molecular flexibility index (Phi) is 4.85. The fraction of sp³-hybridized carbons (Fsp3) is 0.217. The lowest BCUT2D eigenvalue weighted by atomic mass is 10.2. The van der Waals surface area contributed by atoms with Crippen LogP contribution in [0.5, 0.6) is 0 Å². The number of anilines is 2. The predicted octanol–water partition coefficient (Wildman–Crippen LogP) is 2.56. The van der Waals surface area contributed by atoms with Gasteiger partial charge in [0, 0.05) is 50.5 Å². The molecular weight excluding hydrogens is 376 g/mol. The molecule has 0 N–H and O–H groups in total. The average molecular weight is 398 g/mol. The van der Waals surface area contributed by atoms with Crippen molar-refractivity contribution in [1.29, 1.82) is 0 Å². The lowest BCUT2D eigenvalue weighted by molar-refractivity contribution is 0.641. The number of hydrogen-bond donors (Lipinski definition) is 0. The Hall–Kier alpha value is -3.74. The van der Waals surface area contributed by atoms with E-state index in [1.54, 1.807) is 23.2 Å². The monoisotopic (exact) mass is 398 g/mol. The Labute approximate surface area is 174 Å². The van der Waals surface area contributed by atoms with Gasteiger partial charge in [0.05, 0.1) is 23.1 Å². The zero-order chi connectivity index (χ0) is 20.3. The first-order valence-corrected chi connectivity index (χ1v) is 10.1. The summed E-state index contributed by atoms with van der Waals surface area (Å²) in [7, 11) is 0. The van der Waals surface area contributed by atoms with Gasteiger partial charge in [-0.1, -0.05) is 24.3 Å². The molecule has 0 unspecified atom stereocenters. The normalized spacial score (nSPS) is 14.3. The van der Waals surface area contributed by atoms with Gasteiger partial charge in [-0.05, 0) is 30.3 Å². The highest BCUT2D eigenvalue weighted by molar-refractivity contribution is 5.77. The van der Waals surface area contributed by atoms with Crippen molar-refractivity contribution in [2.75, 3.05) is 36.0 Å². The second kappa shape index (κ2) is 7.94. The Balaban J connectivity index is 1.34. The summed E-state index contributed by atoms with van der Waals surface area (Å²) >= 11 is 0. The van der Waals surface area contributed by atoms with Crippen molar-refractivity contribution in [3.05, 3.63) is 89.2 Å². The summed E-state index contributed by atoms with van der Waals surface area (Å²) in [5, 5.41) is 0.528. The third-order valence-electron chi connectivity index (χ3n) is 5.45. The second-order valence-corrected chi connectivity index (χ2v) is 7.35. The largest absolute Gasteiger partial charge is 0.368 e. The molecule has 0 atom stereocenters. The van der Waals surface area contributed by atoms with Crippen LogP contribution in [-0.4, -0.2) is 45.7 Å². The van der Waals surface area contributed by atoms with E-state index in [4.69, 9.17) is 0 Å². The summed E-state index contributed by atoms with van der Waals surface area (Å²) < 4.78 is 1.65. The van der Waals surface area contributed by atoms with Crippen LogP contribution in [0, 0.1) is 0 Å². The van der Waals surface area contributed by atoms with Gasteiger partial charge in [0.25, 0.3) is 5.56 Å². The van der Waals surface area contributed by atoms with Crippen LogP contribution in [-0.2, 0) is 6.54 Å². The summed E-state index contributed by atoms with van der Waals surface area (Å²) in [6.45, 7) is 3.95. The quantitative estimate of drug-likeness (QED) is 0.526. The fourth-order valence-electron chi connectivity index (χ4n) is 3.81. The predicted molar refractivity (Wildman–Crippen MR) is 118 cm³/mol. The minimum Gasteiger partial charge on any atom is -0.368 e. The fourth-order valence-corrected chi connectivity index (χ4v) is 3.81. The van der Waals surface area contributed by atoms with Crippen LogP contribution in [0.1, 0.15) is 5.69 Å². The maximum Gasteiger partial charge on any atom is 0.261 e. The molecule has 3 aromatic heterocycles. The van der Waals surface area contributed by atoms with Crippen LogP contribution < -0.4 is 15.4 Å². The van der Waals surface area contributed by atoms with E-state index in [1.165, 1.54) is 5.69 Å². The minimum atomic E-state index is -0.0985. The molecule has 4 aromatic rings. The van der Waals surface area contributed by atoms with Gasteiger partial charge in [0.1, 0.15) is 0 Å². The van der Waals surface area contributed by atoms with E-state index < -0.39 is 0 Å². The number of rotatable bonds is 4. The first-order valence-electron chi connectivity index (χ1n) is 10.1. The summed E-state index contributed by atoms with van der Waals surface area (Å²) in [6, 6.07) is 18.0. The van der Waals surface area contributed by atoms with Crippen molar-refractivity contribution in [3.63, 3.8) is 0 Å². The van der Waals surface area contributed by atoms with Crippen molar-refractivity contribution >= 4 is 22.5 Å². The summed E-state index contributed by atoms with van der Waals surface area (Å²) in [6.07, 6.45) is 5.16. The smallest absolute Gasteiger partial charge is 0.261 e. The molecule has 150 valence electrons. The molecule has 1 aliphatic heterocycles. The SMILES string of the molecule is O=c1c2cnc(N3CCN(c4ccccc4)CC3)nc2ccn1Cc1ccccn1. The summed E-state index contributed by atoms with van der Waals surface area (Å²) in [4.78, 5) is 30.9. The molecule has 0 saturated carbocycles. The molecule has 0 radical (unpaired) electrons. The Morgan fingerprint density at radius 2 is 1.60 bits per heavy atom. The van der Waals surface area contributed by atoms with Gasteiger partial charge in [-0.15, -0.1) is 0 Å². The van der Waals surface area contributed by atoms with E-state index in [1.807, 2.05) is 30.3 Å². The Morgan fingerprint density at radius 1 is 0.833 bits per heavy atom. The lowest BCUT2D eigenvalue weighted by Crippen LogP contribution is -2.47. The maximum absolute atomic E-state index is 12.9. The molecule has 1 fully saturated rings. The number of para-hydroxylation sites is 1. The molecule has 0 bridgehead atoms. The number of aromatic nitrogens is 4. The molecule has 1 aromatic carbocycles. The number of pyridine rings is 2. The van der Waals surface area contributed by atoms with Crippen molar-refractivity contribution in [2.45, 2.75) is 6.54 Å². The molecule has 7 heteroatoms. The summed E-state index contributed by atoms with van der Waals surface area (Å²) in [5.74, 6) is 0.678. The number of piperazine rings is 1. The number of fused-ring (bicyclic) bond motifs is 1. The summed E-state index contributed by atoms with van der Waals surface area (Å²) in [5.41, 5.74) is 2.66. The standard InChI is InChI=1S/C23H22N6O/c30-22-20-16-25-23(28-14-12-27(13-15-28)19-7-2-1-3-8-19)26-21(20)9-11-29(22)17-18-6-4-5-10-24-18/h1-11,16H,12-15,17H2. The van der Waals surface area contributed by atoms with Crippen molar-refractivity contribution in [1.82, 2.24) is 19.5 Å². The molecule has 0 aliphatic carbocycles. The molecule has 4 heterocycles. The van der Waals surface area contributed by atoms with Gasteiger partial charge < -0.3 is 14.4 Å². The van der Waals surface area contributed by atoms with Crippen molar-refractivity contribution in [3.8, 4) is 0 Å². The van der Waals surface area contributed by atoms with E-state index in [0.717, 1.165) is 31.9 Å². The number of benzene rings is 1. The topological polar surface area (TPSA) is 67.2 Å². The van der Waals surface area contributed by atoms with Crippen LogP contribution in [0.4, 0.5) is 11.6 Å². The van der Waals surface area contributed by atoms with Crippen LogP contribution in [0.15, 0.2) is 78.0 Å². The molecule has 7 nitrogen and oxygen atoms in total. The van der Waals surface area contributed by atoms with Crippen molar-refractivity contribution in [2.24, 2.45) is 0 Å². The highest BCUT2D eigenvalue weighted by atomic mass is 16.1. The maximum atomic E-state index is 12.9. The molecular formula is C23H22N6O. The van der Waals surface area contributed by atoms with E-state index in [-0.39, 0.29) is 5.56 Å². The number of nitrogens with zero attached hydrogens (tertiary/aromatic N) is 6. The Bertz CT molecular complexity index is 1200. The first kappa shape index (κ1) is 18.3. The second-order valence-electron chi connectivity index (χ2n) is 7.35. The van der Waals surface area contributed by atoms with Gasteiger partial charge >= 0.3 is 0 Å². The van der Waals surface area contributed by atoms with Gasteiger partial charge in [-0.3, -0.25) is 9.78 Å². The van der Waals surface area contributed by atoms with E-state index in [0.29, 0.717) is 23.4 Å². The lowest BCUT2D eigenvalue weighted by Gasteiger charge is -2.36. The first-order chi connectivity index (χ1) is 14.8. The molecule has 30 heavy (non-hydrogen) atoms. The zero-order valence-electron chi connectivity index (χ0n) is 16.6.